The van der Waals surface area contributed by atoms with Gasteiger partial charge < -0.3 is 10.1 Å². The van der Waals surface area contributed by atoms with Crippen molar-refractivity contribution in [2.75, 3.05) is 12.4 Å². The summed E-state index contributed by atoms with van der Waals surface area (Å²) in [5.41, 5.74) is 0.930. The summed E-state index contributed by atoms with van der Waals surface area (Å²) in [5, 5.41) is 2.51. The molecule has 2 aromatic rings. The third kappa shape index (κ3) is 3.32. The largest absolute Gasteiger partial charge is 0.496 e. The monoisotopic (exact) mass is 277 g/mol. The zero-order chi connectivity index (χ0) is 14.5. The summed E-state index contributed by atoms with van der Waals surface area (Å²) in [4.78, 5) is 11.9. The number of carbonyl (C=O) groups excluding carboxylic acids is 1. The standard InChI is InChI=1S/C15H13F2NO2/c1-20-14-5-3-2-4-10(14)8-15(19)18-11-6-7-12(16)13(17)9-11/h2-7,9H,8H2,1H3,(H,18,19). The number of anilines is 1. The second kappa shape index (κ2) is 6.14. The smallest absolute Gasteiger partial charge is 0.228 e. The molecule has 0 heterocycles. The van der Waals surface area contributed by atoms with E-state index in [1.165, 1.54) is 13.2 Å². The molecule has 0 aromatic heterocycles. The first-order valence-corrected chi connectivity index (χ1v) is 5.97. The van der Waals surface area contributed by atoms with Gasteiger partial charge in [0.2, 0.25) is 5.91 Å². The molecule has 0 aliphatic rings. The van der Waals surface area contributed by atoms with Crippen LogP contribution in [-0.2, 0) is 11.2 Å². The average molecular weight is 277 g/mol. The van der Waals surface area contributed by atoms with Gasteiger partial charge in [0.1, 0.15) is 5.75 Å². The maximum atomic E-state index is 13.0. The van der Waals surface area contributed by atoms with Gasteiger partial charge in [-0.3, -0.25) is 4.79 Å². The fourth-order valence-electron chi connectivity index (χ4n) is 1.80. The molecule has 3 nitrogen and oxygen atoms in total. The van der Waals surface area contributed by atoms with Gasteiger partial charge in [0.15, 0.2) is 11.6 Å². The number of ether oxygens (including phenoxy) is 1. The van der Waals surface area contributed by atoms with E-state index in [9.17, 15) is 13.6 Å². The predicted molar refractivity (Wildman–Crippen MR) is 71.7 cm³/mol. The molecule has 104 valence electrons. The zero-order valence-corrected chi connectivity index (χ0v) is 10.8. The Morgan fingerprint density at radius 2 is 1.90 bits per heavy atom. The summed E-state index contributed by atoms with van der Waals surface area (Å²) >= 11 is 0. The Morgan fingerprint density at radius 3 is 2.60 bits per heavy atom. The Kier molecular flexibility index (Phi) is 4.30. The van der Waals surface area contributed by atoms with E-state index < -0.39 is 11.6 Å². The van der Waals surface area contributed by atoms with E-state index in [4.69, 9.17) is 4.74 Å². The zero-order valence-electron chi connectivity index (χ0n) is 10.8. The Labute approximate surface area is 115 Å². The number of amides is 1. The van der Waals surface area contributed by atoms with E-state index in [-0.39, 0.29) is 18.0 Å². The lowest BCUT2D eigenvalue weighted by atomic mass is 10.1. The highest BCUT2D eigenvalue weighted by atomic mass is 19.2. The van der Waals surface area contributed by atoms with Crippen LogP contribution >= 0.6 is 0 Å². The van der Waals surface area contributed by atoms with E-state index in [0.29, 0.717) is 5.75 Å². The summed E-state index contributed by atoms with van der Waals surface area (Å²) in [6.07, 6.45) is 0.0863. The van der Waals surface area contributed by atoms with Gasteiger partial charge in [-0.25, -0.2) is 8.78 Å². The number of benzene rings is 2. The number of halogens is 2. The van der Waals surface area contributed by atoms with Crippen LogP contribution in [0.2, 0.25) is 0 Å². The van der Waals surface area contributed by atoms with Gasteiger partial charge in [-0.05, 0) is 18.2 Å². The molecule has 2 rings (SSSR count). The summed E-state index contributed by atoms with van der Waals surface area (Å²) in [6.45, 7) is 0. The van der Waals surface area contributed by atoms with Gasteiger partial charge in [-0.2, -0.15) is 0 Å². The number of hydrogen-bond donors (Lipinski definition) is 1. The average Bonchev–Trinajstić information content (AvgIpc) is 2.43. The molecule has 0 aliphatic heterocycles. The number of nitrogens with one attached hydrogen (secondary N) is 1. The normalized spacial score (nSPS) is 10.2. The highest BCUT2D eigenvalue weighted by Gasteiger charge is 2.09. The van der Waals surface area contributed by atoms with Crippen LogP contribution < -0.4 is 10.1 Å². The van der Waals surface area contributed by atoms with Crippen molar-refractivity contribution in [2.45, 2.75) is 6.42 Å². The fraction of sp³-hybridized carbons (Fsp3) is 0.133. The predicted octanol–water partition coefficient (Wildman–Crippen LogP) is 3.15. The maximum Gasteiger partial charge on any atom is 0.228 e. The summed E-state index contributed by atoms with van der Waals surface area (Å²) in [5.74, 6) is -1.68. The Hall–Kier alpha value is -2.43. The lowest BCUT2D eigenvalue weighted by Crippen LogP contribution is -2.15. The molecule has 0 saturated heterocycles. The molecule has 0 unspecified atom stereocenters. The van der Waals surface area contributed by atoms with Gasteiger partial charge in [0.25, 0.3) is 0 Å². The van der Waals surface area contributed by atoms with Gasteiger partial charge >= 0.3 is 0 Å². The van der Waals surface area contributed by atoms with Crippen LogP contribution in [-0.4, -0.2) is 13.0 Å². The molecule has 0 fully saturated rings. The molecular weight excluding hydrogens is 264 g/mol. The summed E-state index contributed by atoms with van der Waals surface area (Å²) < 4.78 is 30.9. The lowest BCUT2D eigenvalue weighted by Gasteiger charge is -2.09. The molecule has 0 spiro atoms. The summed E-state index contributed by atoms with van der Waals surface area (Å²) in [7, 11) is 1.52. The molecule has 1 N–H and O–H groups in total. The van der Waals surface area contributed by atoms with Crippen molar-refractivity contribution in [2.24, 2.45) is 0 Å². The van der Waals surface area contributed by atoms with Gasteiger partial charge in [0.05, 0.1) is 13.5 Å². The molecule has 0 atom stereocenters. The van der Waals surface area contributed by atoms with Crippen molar-refractivity contribution < 1.29 is 18.3 Å². The quantitative estimate of drug-likeness (QED) is 0.932. The maximum absolute atomic E-state index is 13.0. The van der Waals surface area contributed by atoms with E-state index in [2.05, 4.69) is 5.32 Å². The van der Waals surface area contributed by atoms with Crippen LogP contribution in [0, 0.1) is 11.6 Å². The van der Waals surface area contributed by atoms with Crippen molar-refractivity contribution in [1.82, 2.24) is 0 Å². The van der Waals surface area contributed by atoms with Gasteiger partial charge in [0, 0.05) is 17.3 Å². The number of rotatable bonds is 4. The molecule has 5 heteroatoms. The highest BCUT2D eigenvalue weighted by molar-refractivity contribution is 5.92. The molecule has 1 amide bonds. The fourth-order valence-corrected chi connectivity index (χ4v) is 1.80. The SMILES string of the molecule is COc1ccccc1CC(=O)Nc1ccc(F)c(F)c1. The highest BCUT2D eigenvalue weighted by Crippen LogP contribution is 2.19. The van der Waals surface area contributed by atoms with Crippen LogP contribution in [0.3, 0.4) is 0 Å². The number of methoxy groups -OCH3 is 1. The van der Waals surface area contributed by atoms with Crippen LogP contribution in [0.25, 0.3) is 0 Å². The van der Waals surface area contributed by atoms with E-state index >= 15 is 0 Å². The van der Waals surface area contributed by atoms with Crippen LogP contribution in [0.5, 0.6) is 5.75 Å². The Morgan fingerprint density at radius 1 is 1.15 bits per heavy atom. The molecule has 2 aromatic carbocycles. The van der Waals surface area contributed by atoms with E-state index in [1.54, 1.807) is 24.3 Å². The molecule has 0 saturated carbocycles. The Balaban J connectivity index is 2.07. The first-order valence-electron chi connectivity index (χ1n) is 5.97. The minimum atomic E-state index is -1.000. The molecule has 0 bridgehead atoms. The summed E-state index contributed by atoms with van der Waals surface area (Å²) in [6, 6.07) is 10.3. The van der Waals surface area contributed by atoms with Crippen molar-refractivity contribution in [3.8, 4) is 5.75 Å². The second-order valence-electron chi connectivity index (χ2n) is 4.17. The molecule has 0 radical (unpaired) electrons. The lowest BCUT2D eigenvalue weighted by molar-refractivity contribution is -0.115. The first-order chi connectivity index (χ1) is 9.60. The topological polar surface area (TPSA) is 38.3 Å². The van der Waals surface area contributed by atoms with E-state index in [0.717, 1.165) is 17.7 Å². The first kappa shape index (κ1) is 14.0. The van der Waals surface area contributed by atoms with Crippen molar-refractivity contribution >= 4 is 11.6 Å². The number of carbonyl (C=O) groups is 1. The van der Waals surface area contributed by atoms with Crippen molar-refractivity contribution in [3.63, 3.8) is 0 Å². The minimum absolute atomic E-state index is 0.0863. The third-order valence-corrected chi connectivity index (χ3v) is 2.75. The Bertz CT molecular complexity index is 629. The number of para-hydroxylation sites is 1. The minimum Gasteiger partial charge on any atom is -0.496 e. The van der Waals surface area contributed by atoms with Crippen LogP contribution in [0.1, 0.15) is 5.56 Å². The van der Waals surface area contributed by atoms with Crippen molar-refractivity contribution in [3.05, 3.63) is 59.7 Å². The van der Waals surface area contributed by atoms with Crippen molar-refractivity contribution in [1.29, 1.82) is 0 Å². The van der Waals surface area contributed by atoms with Gasteiger partial charge in [-0.15, -0.1) is 0 Å². The number of hydrogen-bond acceptors (Lipinski definition) is 2. The second-order valence-corrected chi connectivity index (χ2v) is 4.17. The van der Waals surface area contributed by atoms with Crippen LogP contribution in [0.15, 0.2) is 42.5 Å². The van der Waals surface area contributed by atoms with Gasteiger partial charge in [-0.1, -0.05) is 18.2 Å². The van der Waals surface area contributed by atoms with E-state index in [1.807, 2.05) is 0 Å². The molecule has 0 aliphatic carbocycles. The molecule has 20 heavy (non-hydrogen) atoms. The van der Waals surface area contributed by atoms with Crippen LogP contribution in [0.4, 0.5) is 14.5 Å². The molecular formula is C15H13F2NO2. The third-order valence-electron chi connectivity index (χ3n) is 2.75.